The topological polar surface area (TPSA) is 175 Å². The number of rotatable bonds is 8. The monoisotopic (exact) mass is 604 g/mol. The molecular weight excluding hydrogens is 579 g/mol. The zero-order valence-electron chi connectivity index (χ0n) is 19.5. The van der Waals surface area contributed by atoms with E-state index in [9.17, 15) is 19.2 Å². The van der Waals surface area contributed by atoms with E-state index in [0.717, 1.165) is 15.6 Å². The zero-order valence-corrected chi connectivity index (χ0v) is 21.7. The van der Waals surface area contributed by atoms with Gasteiger partial charge in [-0.25, -0.2) is 9.97 Å². The number of aromatic amines is 1. The number of benzene rings is 1. The largest absolute Gasteiger partial charge is 0.369 e. The van der Waals surface area contributed by atoms with E-state index >= 15 is 0 Å². The Kier molecular flexibility index (Phi) is 8.94. The minimum absolute atomic E-state index is 0.222. The number of nitrogens with zero attached hydrogens (tertiary/aromatic N) is 3. The summed E-state index contributed by atoms with van der Waals surface area (Å²) in [5.41, 5.74) is 8.33. The van der Waals surface area contributed by atoms with Crippen molar-refractivity contribution in [2.45, 2.75) is 10.5 Å². The molecule has 0 radical (unpaired) electrons. The Hall–Kier alpha value is -4.01. The molecule has 0 aliphatic rings. The van der Waals surface area contributed by atoms with Crippen molar-refractivity contribution in [1.29, 1.82) is 0 Å². The van der Waals surface area contributed by atoms with Crippen molar-refractivity contribution >= 4 is 58.0 Å². The van der Waals surface area contributed by atoms with Gasteiger partial charge in [-0.1, -0.05) is 40.8 Å². The van der Waals surface area contributed by atoms with Gasteiger partial charge in [0.2, 0.25) is 5.91 Å². The molecular formula is C23H25IN8O4. The van der Waals surface area contributed by atoms with Gasteiger partial charge in [-0.2, -0.15) is 0 Å². The number of halogens is 1. The van der Waals surface area contributed by atoms with E-state index in [1.54, 1.807) is 48.8 Å². The van der Waals surface area contributed by atoms with Crippen molar-refractivity contribution < 1.29 is 19.2 Å². The zero-order chi connectivity index (χ0) is 26.2. The molecule has 0 fully saturated rings. The number of aromatic nitrogens is 3. The number of nitrogen functional groups attached to an aromatic ring is 1. The number of hydrogen-bond donors (Lipinski definition) is 5. The van der Waals surface area contributed by atoms with Crippen molar-refractivity contribution in [3.05, 3.63) is 59.9 Å². The van der Waals surface area contributed by atoms with Crippen LogP contribution in [0.2, 0.25) is 0 Å². The van der Waals surface area contributed by atoms with Crippen molar-refractivity contribution in [3.8, 4) is 11.3 Å². The first-order valence-corrected chi connectivity index (χ1v) is 12.2. The lowest BCUT2D eigenvalue weighted by Gasteiger charge is -2.22. The highest BCUT2D eigenvalue weighted by atomic mass is 127. The van der Waals surface area contributed by atoms with E-state index < -0.39 is 29.7 Å². The van der Waals surface area contributed by atoms with Crippen molar-refractivity contribution in [1.82, 2.24) is 30.5 Å². The van der Waals surface area contributed by atoms with E-state index in [0.29, 0.717) is 11.3 Å². The predicted octanol–water partition coefficient (Wildman–Crippen LogP) is 0.930. The van der Waals surface area contributed by atoms with Gasteiger partial charge in [0.25, 0.3) is 5.91 Å². The number of H-pyrrole nitrogens is 1. The molecule has 188 valence electrons. The molecule has 3 aromatic rings. The number of amides is 4. The molecule has 12 nitrogen and oxygen atoms in total. The Morgan fingerprint density at radius 1 is 1.03 bits per heavy atom. The van der Waals surface area contributed by atoms with Crippen molar-refractivity contribution in [3.63, 3.8) is 0 Å². The van der Waals surface area contributed by atoms with Gasteiger partial charge in [0, 0.05) is 36.8 Å². The quantitative estimate of drug-likeness (QED) is 0.144. The van der Waals surface area contributed by atoms with Crippen LogP contribution in [-0.4, -0.2) is 70.2 Å². The Morgan fingerprint density at radius 2 is 1.75 bits per heavy atom. The highest BCUT2D eigenvalue weighted by Gasteiger charge is 2.25. The maximum absolute atomic E-state index is 12.8. The van der Waals surface area contributed by atoms with Gasteiger partial charge in [0.1, 0.15) is 11.9 Å². The van der Waals surface area contributed by atoms with Crippen LogP contribution in [0.5, 0.6) is 0 Å². The van der Waals surface area contributed by atoms with Crippen LogP contribution in [0.4, 0.5) is 11.8 Å². The lowest BCUT2D eigenvalue weighted by atomic mass is 10.1. The van der Waals surface area contributed by atoms with Gasteiger partial charge in [-0.3, -0.25) is 19.2 Å². The predicted molar refractivity (Wildman–Crippen MR) is 142 cm³/mol. The first-order chi connectivity index (χ1) is 17.2. The lowest BCUT2D eigenvalue weighted by Crippen LogP contribution is -2.53. The summed E-state index contributed by atoms with van der Waals surface area (Å²) in [4.78, 5) is 62.1. The Balaban J connectivity index is 1.61. The fourth-order valence-electron chi connectivity index (χ4n) is 3.06. The Morgan fingerprint density at radius 3 is 2.31 bits per heavy atom. The summed E-state index contributed by atoms with van der Waals surface area (Å²) < 4.78 is 0.760. The number of nitrogens with two attached hydrogens (primary N) is 1. The summed E-state index contributed by atoms with van der Waals surface area (Å²) >= 11 is 2.18. The van der Waals surface area contributed by atoms with Gasteiger partial charge in [-0.05, 0) is 29.3 Å². The van der Waals surface area contributed by atoms with Crippen LogP contribution >= 0.6 is 22.6 Å². The number of imidazole rings is 1. The van der Waals surface area contributed by atoms with Crippen molar-refractivity contribution in [2.75, 3.05) is 31.7 Å². The summed E-state index contributed by atoms with van der Waals surface area (Å²) in [6.45, 7) is -0.290. The van der Waals surface area contributed by atoms with Gasteiger partial charge < -0.3 is 31.6 Å². The first kappa shape index (κ1) is 26.6. The molecule has 0 spiro atoms. The molecule has 0 bridgehead atoms. The number of anilines is 2. The summed E-state index contributed by atoms with van der Waals surface area (Å²) in [5, 5.41) is 7.38. The van der Waals surface area contributed by atoms with Crippen LogP contribution in [0.25, 0.3) is 11.3 Å². The van der Waals surface area contributed by atoms with Crippen LogP contribution in [0.15, 0.2) is 48.8 Å². The smallest absolute Gasteiger partial charge is 0.314 e. The molecule has 13 heteroatoms. The number of carbonyl (C=O) groups excluding carboxylic acids is 4. The van der Waals surface area contributed by atoms with E-state index in [4.69, 9.17) is 5.73 Å². The van der Waals surface area contributed by atoms with Crippen LogP contribution in [0, 0.1) is 0 Å². The number of likely N-dealkylation sites (N-methyl/N-ethyl adjacent to an activating group) is 1. The third-order valence-corrected chi connectivity index (χ3v) is 5.87. The highest BCUT2D eigenvalue weighted by Crippen LogP contribution is 2.18. The molecule has 3 rings (SSSR count). The van der Waals surface area contributed by atoms with Gasteiger partial charge in [0.05, 0.1) is 11.9 Å². The fraction of sp³-hybridized carbons (Fsp3) is 0.217. The lowest BCUT2D eigenvalue weighted by molar-refractivity contribution is -0.136. The molecule has 1 unspecified atom stereocenters. The van der Waals surface area contributed by atoms with Gasteiger partial charge >= 0.3 is 11.8 Å². The molecule has 0 saturated carbocycles. The summed E-state index contributed by atoms with van der Waals surface area (Å²) in [7, 11) is 3.04. The normalized spacial score (nSPS) is 11.3. The SMILES string of the molecule is CN(C)C(=O)C(CNC(=O)C(=O)Nc1ccc(CI)cn1)NC(=O)c1ccc(-c2cnc(N)[nH]2)cc1. The maximum atomic E-state index is 12.8. The van der Waals surface area contributed by atoms with E-state index in [2.05, 4.69) is 53.5 Å². The number of nitrogens with one attached hydrogen (secondary N) is 4. The average Bonchev–Trinajstić information content (AvgIpc) is 3.32. The van der Waals surface area contributed by atoms with Crippen LogP contribution in [0.3, 0.4) is 0 Å². The summed E-state index contributed by atoms with van der Waals surface area (Å²) in [6.07, 6.45) is 3.17. The van der Waals surface area contributed by atoms with Crippen LogP contribution in [0.1, 0.15) is 15.9 Å². The molecule has 36 heavy (non-hydrogen) atoms. The van der Waals surface area contributed by atoms with Gasteiger partial charge in [0.15, 0.2) is 5.95 Å². The number of carbonyl (C=O) groups is 4. The second-order valence-corrected chi connectivity index (χ2v) is 8.63. The molecule has 0 aliphatic heterocycles. The fourth-order valence-corrected chi connectivity index (χ4v) is 3.51. The number of pyridine rings is 1. The highest BCUT2D eigenvalue weighted by molar-refractivity contribution is 14.1. The number of alkyl halides is 1. The van der Waals surface area contributed by atoms with E-state index in [-0.39, 0.29) is 18.3 Å². The summed E-state index contributed by atoms with van der Waals surface area (Å²) in [5.74, 6) is -2.39. The standard InChI is InChI=1S/C23H25IN8O4/c1-32(2)22(36)17(12-27-20(34)21(35)31-18-8-3-13(9-24)10-26-18)29-19(33)15-6-4-14(5-7-15)16-11-28-23(25)30-16/h3-8,10-11,17H,9,12H2,1-2H3,(H,27,34)(H,29,33)(H3,25,28,30)(H,26,31,35). The third kappa shape index (κ3) is 7.00. The molecule has 0 saturated heterocycles. The van der Waals surface area contributed by atoms with Crippen molar-refractivity contribution in [2.24, 2.45) is 0 Å². The maximum Gasteiger partial charge on any atom is 0.314 e. The molecule has 0 aliphatic carbocycles. The second kappa shape index (κ2) is 12.1. The Bertz CT molecular complexity index is 1240. The number of hydrogen-bond acceptors (Lipinski definition) is 7. The Labute approximate surface area is 220 Å². The second-order valence-electron chi connectivity index (χ2n) is 7.87. The molecule has 2 aromatic heterocycles. The van der Waals surface area contributed by atoms with Crippen LogP contribution in [-0.2, 0) is 18.8 Å². The summed E-state index contributed by atoms with van der Waals surface area (Å²) in [6, 6.07) is 8.85. The minimum Gasteiger partial charge on any atom is -0.369 e. The molecule has 4 amide bonds. The van der Waals surface area contributed by atoms with Crippen LogP contribution < -0.4 is 21.7 Å². The molecule has 1 atom stereocenters. The molecule has 6 N–H and O–H groups in total. The van der Waals surface area contributed by atoms with Gasteiger partial charge in [-0.15, -0.1) is 0 Å². The molecule has 2 heterocycles. The van der Waals surface area contributed by atoms with E-state index in [1.165, 1.54) is 19.0 Å². The molecule has 1 aromatic carbocycles. The first-order valence-electron chi connectivity index (χ1n) is 10.7. The minimum atomic E-state index is -1.10. The average molecular weight is 604 g/mol. The van der Waals surface area contributed by atoms with E-state index in [1.807, 2.05) is 0 Å². The third-order valence-electron chi connectivity index (χ3n) is 4.99.